The molecule has 0 unspecified atom stereocenters. The van der Waals surface area contributed by atoms with E-state index in [0.29, 0.717) is 0 Å². The Balaban J connectivity index is 1.01. The molecule has 0 radical (unpaired) electrons. The molecule has 0 nitrogen and oxygen atoms in total. The van der Waals surface area contributed by atoms with E-state index in [2.05, 4.69) is 98.8 Å². The van der Waals surface area contributed by atoms with Crippen LogP contribution in [0.4, 0.5) is 0 Å². The topological polar surface area (TPSA) is 0 Å². The average molecular weight is 729 g/mol. The van der Waals surface area contributed by atoms with Crippen molar-refractivity contribution in [2.75, 3.05) is 0 Å². The third kappa shape index (κ3) is 11.0. The number of hydrogen-bond donors (Lipinski definition) is 0. The number of rotatable bonds is 24. The lowest BCUT2D eigenvalue weighted by Crippen LogP contribution is -1.84. The molecule has 4 aromatic carbocycles. The Kier molecular flexibility index (Phi) is 15.7. The second-order valence-electron chi connectivity index (χ2n) is 15.5. The summed E-state index contributed by atoms with van der Waals surface area (Å²) >= 11 is 3.98. The molecule has 2 heterocycles. The third-order valence-electron chi connectivity index (χ3n) is 11.3. The first-order chi connectivity index (χ1) is 25.7. The maximum absolute atomic E-state index is 2.40. The monoisotopic (exact) mass is 728 g/mol. The van der Waals surface area contributed by atoms with Crippen molar-refractivity contribution in [2.45, 2.75) is 155 Å². The van der Waals surface area contributed by atoms with Gasteiger partial charge in [0.05, 0.1) is 0 Å². The summed E-state index contributed by atoms with van der Waals surface area (Å²) in [6.07, 6.45) is 30.4. The third-order valence-corrected chi connectivity index (χ3v) is 13.7. The summed E-state index contributed by atoms with van der Waals surface area (Å²) in [7, 11) is 0. The molecule has 2 aromatic heterocycles. The van der Waals surface area contributed by atoms with Crippen molar-refractivity contribution in [1.29, 1.82) is 0 Å². The van der Waals surface area contributed by atoms with Gasteiger partial charge in [0.1, 0.15) is 0 Å². The van der Waals surface area contributed by atoms with Gasteiger partial charge >= 0.3 is 0 Å². The summed E-state index contributed by atoms with van der Waals surface area (Å²) in [5.74, 6) is 0. The van der Waals surface area contributed by atoms with Crippen LogP contribution in [0.25, 0.3) is 53.2 Å². The van der Waals surface area contributed by atoms with Crippen LogP contribution in [-0.2, 0) is 12.8 Å². The fourth-order valence-electron chi connectivity index (χ4n) is 8.10. The van der Waals surface area contributed by atoms with Crippen molar-refractivity contribution in [3.05, 3.63) is 94.7 Å². The minimum absolute atomic E-state index is 1.22. The predicted octanol–water partition coefficient (Wildman–Crippen LogP) is 17.5. The second kappa shape index (κ2) is 21.1. The normalized spacial score (nSPS) is 11.8. The first-order valence-electron chi connectivity index (χ1n) is 21.3. The number of hydrogen-bond acceptors (Lipinski definition) is 2. The predicted molar refractivity (Wildman–Crippen MR) is 237 cm³/mol. The largest absolute Gasteiger partial charge is 0.140 e. The highest BCUT2D eigenvalue weighted by Crippen LogP contribution is 2.38. The highest BCUT2D eigenvalue weighted by Gasteiger charge is 2.10. The maximum Gasteiger partial charge on any atom is 0.0345 e. The van der Waals surface area contributed by atoms with Crippen LogP contribution in [-0.4, -0.2) is 0 Å². The summed E-state index contributed by atoms with van der Waals surface area (Å²) < 4.78 is 0. The standard InChI is InChI=1S/C50H64S2/c1-3-5-7-9-11-13-15-17-19-21-23-43-29-35-49(51-43)41-27-31-45-39(37-41)25-33-48-46-32-28-42(38-40(46)26-34-47(45)48)50-36-30-44(52-50)24-22-20-18-16-14-12-10-8-6-4-2/h25-38H,3-24H2,1-2H3. The van der Waals surface area contributed by atoms with Crippen LogP contribution in [0.5, 0.6) is 0 Å². The molecule has 0 fully saturated rings. The average Bonchev–Trinajstić information content (AvgIpc) is 3.86. The van der Waals surface area contributed by atoms with Gasteiger partial charge in [0, 0.05) is 19.5 Å². The Bertz CT molecular complexity index is 1800. The molecule has 0 atom stereocenters. The molecule has 6 aromatic rings. The van der Waals surface area contributed by atoms with Crippen molar-refractivity contribution >= 4 is 55.0 Å². The van der Waals surface area contributed by atoms with E-state index in [1.165, 1.54) is 204 Å². The molecule has 0 saturated carbocycles. The summed E-state index contributed by atoms with van der Waals surface area (Å²) in [5.41, 5.74) is 2.69. The number of thiophene rings is 2. The van der Waals surface area contributed by atoms with Crippen LogP contribution in [0.3, 0.4) is 0 Å². The molecule has 52 heavy (non-hydrogen) atoms. The zero-order valence-electron chi connectivity index (χ0n) is 32.5. The minimum Gasteiger partial charge on any atom is -0.140 e. The Morgan fingerprint density at radius 3 is 1.06 bits per heavy atom. The van der Waals surface area contributed by atoms with Crippen molar-refractivity contribution in [2.24, 2.45) is 0 Å². The SMILES string of the molecule is CCCCCCCCCCCCc1ccc(-c2ccc3c(ccc4c5ccc(-c6ccc(CCCCCCCCCCCC)s6)cc5ccc34)c2)s1. The zero-order chi connectivity index (χ0) is 35.8. The summed E-state index contributed by atoms with van der Waals surface area (Å²) in [4.78, 5) is 5.87. The first-order valence-corrected chi connectivity index (χ1v) is 22.9. The number of benzene rings is 4. The van der Waals surface area contributed by atoms with Gasteiger partial charge in [0.2, 0.25) is 0 Å². The summed E-state index contributed by atoms with van der Waals surface area (Å²) in [5, 5.41) is 8.07. The number of aryl methyl sites for hydroxylation is 2. The van der Waals surface area contributed by atoms with Gasteiger partial charge in [-0.15, -0.1) is 22.7 Å². The van der Waals surface area contributed by atoms with Gasteiger partial charge in [-0.25, -0.2) is 0 Å². The lowest BCUT2D eigenvalue weighted by molar-refractivity contribution is 0.557. The van der Waals surface area contributed by atoms with Gasteiger partial charge in [-0.05, 0) is 106 Å². The fourth-order valence-corrected chi connectivity index (χ4v) is 10.2. The van der Waals surface area contributed by atoms with Crippen molar-refractivity contribution < 1.29 is 0 Å². The van der Waals surface area contributed by atoms with Crippen molar-refractivity contribution in [3.63, 3.8) is 0 Å². The van der Waals surface area contributed by atoms with Crippen LogP contribution >= 0.6 is 22.7 Å². The smallest absolute Gasteiger partial charge is 0.0345 e. The molecular formula is C50H64S2. The van der Waals surface area contributed by atoms with Gasteiger partial charge in [-0.2, -0.15) is 0 Å². The van der Waals surface area contributed by atoms with Crippen molar-refractivity contribution in [1.82, 2.24) is 0 Å². The molecule has 0 bridgehead atoms. The molecule has 0 N–H and O–H groups in total. The molecule has 0 saturated heterocycles. The highest BCUT2D eigenvalue weighted by molar-refractivity contribution is 7.15. The van der Waals surface area contributed by atoms with E-state index in [9.17, 15) is 0 Å². The molecule has 0 aliphatic carbocycles. The van der Waals surface area contributed by atoms with Crippen LogP contribution in [0.1, 0.15) is 152 Å². The van der Waals surface area contributed by atoms with Gasteiger partial charge in [-0.1, -0.05) is 178 Å². The quantitative estimate of drug-likeness (QED) is 0.0430. The van der Waals surface area contributed by atoms with E-state index < -0.39 is 0 Å². The molecular weight excluding hydrogens is 665 g/mol. The minimum atomic E-state index is 1.22. The summed E-state index contributed by atoms with van der Waals surface area (Å²) in [6.45, 7) is 4.60. The zero-order valence-corrected chi connectivity index (χ0v) is 34.1. The Hall–Kier alpha value is -2.94. The molecule has 0 aliphatic heterocycles. The Morgan fingerprint density at radius 1 is 0.327 bits per heavy atom. The van der Waals surface area contributed by atoms with Crippen LogP contribution in [0, 0.1) is 0 Å². The number of fused-ring (bicyclic) bond motifs is 5. The lowest BCUT2D eigenvalue weighted by Gasteiger charge is -2.10. The van der Waals surface area contributed by atoms with Crippen LogP contribution in [0.2, 0.25) is 0 Å². The van der Waals surface area contributed by atoms with Crippen LogP contribution < -0.4 is 0 Å². The van der Waals surface area contributed by atoms with E-state index in [-0.39, 0.29) is 0 Å². The van der Waals surface area contributed by atoms with Crippen molar-refractivity contribution in [3.8, 4) is 20.9 Å². The second-order valence-corrected chi connectivity index (χ2v) is 17.8. The maximum atomic E-state index is 2.40. The van der Waals surface area contributed by atoms with E-state index in [0.717, 1.165) is 0 Å². The van der Waals surface area contributed by atoms with E-state index >= 15 is 0 Å². The molecule has 276 valence electrons. The number of unbranched alkanes of at least 4 members (excludes halogenated alkanes) is 18. The van der Waals surface area contributed by atoms with Crippen LogP contribution in [0.15, 0.2) is 84.9 Å². The Labute approximate surface area is 324 Å². The van der Waals surface area contributed by atoms with Gasteiger partial charge in [0.25, 0.3) is 0 Å². The molecule has 0 aliphatic rings. The van der Waals surface area contributed by atoms with E-state index in [1.54, 1.807) is 0 Å². The Morgan fingerprint density at radius 2 is 0.673 bits per heavy atom. The fraction of sp³-hybridized carbons (Fsp3) is 0.480. The lowest BCUT2D eigenvalue weighted by atomic mass is 9.95. The van der Waals surface area contributed by atoms with Gasteiger partial charge < -0.3 is 0 Å². The van der Waals surface area contributed by atoms with Gasteiger partial charge in [-0.3, -0.25) is 0 Å². The van der Waals surface area contributed by atoms with E-state index in [1.807, 2.05) is 22.7 Å². The molecule has 2 heteroatoms. The molecule has 6 rings (SSSR count). The van der Waals surface area contributed by atoms with E-state index in [4.69, 9.17) is 0 Å². The first kappa shape index (κ1) is 38.8. The molecule has 0 spiro atoms. The molecule has 0 amide bonds. The highest BCUT2D eigenvalue weighted by atomic mass is 32.1. The van der Waals surface area contributed by atoms with Gasteiger partial charge in [0.15, 0.2) is 0 Å². The summed E-state index contributed by atoms with van der Waals surface area (Å²) in [6, 6.07) is 33.0.